The first kappa shape index (κ1) is 28.8. The predicted octanol–water partition coefficient (Wildman–Crippen LogP) is -3.52. The van der Waals surface area contributed by atoms with Crippen LogP contribution in [0, 0.1) is 0 Å². The van der Waals surface area contributed by atoms with Gasteiger partial charge in [0.05, 0.1) is 6.61 Å². The zero-order valence-corrected chi connectivity index (χ0v) is 15.2. The van der Waals surface area contributed by atoms with Crippen molar-refractivity contribution in [2.45, 2.75) is 63.4 Å². The quantitative estimate of drug-likeness (QED) is 0.454. The fourth-order valence-corrected chi connectivity index (χ4v) is 3.44. The Morgan fingerprint density at radius 2 is 1.62 bits per heavy atom. The maximum atomic E-state index is 11.1. The van der Waals surface area contributed by atoms with E-state index in [2.05, 4.69) is 0 Å². The molecular weight excluding hydrogens is 389 g/mol. The van der Waals surface area contributed by atoms with Gasteiger partial charge in [0.25, 0.3) is 0 Å². The SMILES string of the molecule is CC1(C)O[C@@H]2[C@@H](CO[C@@]3(COS(N)(=O)=O)OC(C)(C)O[C@@H]23)O1.O.O.O.[NaH]. The zero-order chi connectivity index (χ0) is 16.4. The van der Waals surface area contributed by atoms with Gasteiger partial charge >= 0.3 is 39.9 Å². The predicted molar refractivity (Wildman–Crippen MR) is 89.6 cm³/mol. The van der Waals surface area contributed by atoms with E-state index < -0.39 is 46.5 Å². The number of ether oxygens (including phenoxy) is 5. The first-order valence-electron chi connectivity index (χ1n) is 6.96. The standard InChI is InChI=1S/C12H21NO8S.Na.3H2O.H/c1-10(2)18-7-5-16-12(6-17-22(13,14)15)9(8(7)19-10)20-11(3,4)21-12;;;;;/h7-9H,5-6H2,1-4H3,(H2,13,14,15);;3*1H2;/t7-,8-,9+,12+;;;;;/m1...../s1. The van der Waals surface area contributed by atoms with E-state index in [9.17, 15) is 8.42 Å². The Morgan fingerprint density at radius 3 is 2.15 bits per heavy atom. The summed E-state index contributed by atoms with van der Waals surface area (Å²) in [7, 11) is -4.14. The molecule has 0 aromatic carbocycles. The van der Waals surface area contributed by atoms with Gasteiger partial charge < -0.3 is 40.1 Å². The van der Waals surface area contributed by atoms with Crippen LogP contribution in [0.5, 0.6) is 0 Å². The summed E-state index contributed by atoms with van der Waals surface area (Å²) in [6.07, 6.45) is -1.50. The molecule has 0 aromatic heterocycles. The molecule has 0 amide bonds. The van der Waals surface area contributed by atoms with Crippen molar-refractivity contribution >= 4 is 39.9 Å². The fourth-order valence-electron chi connectivity index (χ4n) is 3.11. The van der Waals surface area contributed by atoms with E-state index in [-0.39, 0.29) is 58.7 Å². The Bertz CT molecular complexity index is 572. The molecule has 3 aliphatic rings. The van der Waals surface area contributed by atoms with Crippen LogP contribution in [-0.4, -0.2) is 103 Å². The zero-order valence-electron chi connectivity index (χ0n) is 14.4. The molecule has 3 rings (SSSR count). The second-order valence-electron chi connectivity index (χ2n) is 6.56. The van der Waals surface area contributed by atoms with Crippen molar-refractivity contribution < 1.29 is 52.7 Å². The van der Waals surface area contributed by atoms with Gasteiger partial charge in [0.2, 0.25) is 5.79 Å². The normalized spacial score (nSPS) is 36.3. The molecule has 0 aromatic rings. The molecule has 154 valence electrons. The minimum atomic E-state index is -4.14. The first-order chi connectivity index (χ1) is 9.92. The van der Waals surface area contributed by atoms with Crippen molar-refractivity contribution in [2.75, 3.05) is 13.2 Å². The van der Waals surface area contributed by atoms with Gasteiger partial charge in [-0.1, -0.05) is 0 Å². The summed E-state index contributed by atoms with van der Waals surface area (Å²) in [4.78, 5) is 0. The summed E-state index contributed by atoms with van der Waals surface area (Å²) in [5.74, 6) is -3.19. The first-order valence-corrected chi connectivity index (χ1v) is 8.43. The Hall–Kier alpha value is 0.550. The van der Waals surface area contributed by atoms with Crippen molar-refractivity contribution in [3.63, 3.8) is 0 Å². The molecule has 0 aliphatic carbocycles. The second kappa shape index (κ2) is 8.92. The Morgan fingerprint density at radius 1 is 1.04 bits per heavy atom. The Kier molecular flexibility index (Phi) is 9.87. The van der Waals surface area contributed by atoms with Crippen LogP contribution in [0.25, 0.3) is 0 Å². The third-order valence-corrected chi connectivity index (χ3v) is 4.15. The molecule has 3 heterocycles. The van der Waals surface area contributed by atoms with Crippen LogP contribution in [-0.2, 0) is 38.2 Å². The minimum absolute atomic E-state index is 0. The van der Waals surface area contributed by atoms with Crippen LogP contribution in [0.3, 0.4) is 0 Å². The molecule has 0 radical (unpaired) electrons. The van der Waals surface area contributed by atoms with Crippen LogP contribution < -0.4 is 5.14 Å². The molecule has 26 heavy (non-hydrogen) atoms. The van der Waals surface area contributed by atoms with Crippen molar-refractivity contribution in [1.29, 1.82) is 0 Å². The van der Waals surface area contributed by atoms with E-state index in [1.165, 1.54) is 0 Å². The second-order valence-corrected chi connectivity index (χ2v) is 7.78. The summed E-state index contributed by atoms with van der Waals surface area (Å²) in [6, 6.07) is 0. The van der Waals surface area contributed by atoms with Gasteiger partial charge in [-0.05, 0) is 27.7 Å². The molecule has 0 saturated carbocycles. The molecule has 4 atom stereocenters. The van der Waals surface area contributed by atoms with E-state index in [1.807, 2.05) is 0 Å². The number of hydrogen-bond donors (Lipinski definition) is 1. The van der Waals surface area contributed by atoms with Crippen molar-refractivity contribution in [3.05, 3.63) is 0 Å². The third kappa shape index (κ3) is 5.78. The molecule has 8 N–H and O–H groups in total. The summed E-state index contributed by atoms with van der Waals surface area (Å²) in [5.41, 5.74) is 0. The van der Waals surface area contributed by atoms with E-state index >= 15 is 0 Å². The number of rotatable bonds is 3. The van der Waals surface area contributed by atoms with E-state index in [1.54, 1.807) is 27.7 Å². The van der Waals surface area contributed by atoms with Crippen LogP contribution in [0.4, 0.5) is 0 Å². The number of hydrogen-bond acceptors (Lipinski definition) is 8. The molecule has 3 fully saturated rings. The molecule has 0 bridgehead atoms. The van der Waals surface area contributed by atoms with Gasteiger partial charge in [-0.2, -0.15) is 8.42 Å². The van der Waals surface area contributed by atoms with Gasteiger partial charge in [0.15, 0.2) is 11.6 Å². The van der Waals surface area contributed by atoms with Crippen molar-refractivity contribution in [3.8, 4) is 0 Å². The average molecular weight is 417 g/mol. The third-order valence-electron chi connectivity index (χ3n) is 3.70. The van der Waals surface area contributed by atoms with Gasteiger partial charge in [-0.25, -0.2) is 5.14 Å². The van der Waals surface area contributed by atoms with E-state index in [0.29, 0.717) is 0 Å². The van der Waals surface area contributed by atoms with Crippen molar-refractivity contribution in [1.82, 2.24) is 0 Å². The fraction of sp³-hybridized carbons (Fsp3) is 1.00. The van der Waals surface area contributed by atoms with Gasteiger partial charge in [-0.3, -0.25) is 4.18 Å². The van der Waals surface area contributed by atoms with Crippen molar-refractivity contribution in [2.24, 2.45) is 5.14 Å². The van der Waals surface area contributed by atoms with Crippen LogP contribution in [0.2, 0.25) is 0 Å². The monoisotopic (exact) mass is 417 g/mol. The molecule has 12 nitrogen and oxygen atoms in total. The van der Waals surface area contributed by atoms with Crippen LogP contribution >= 0.6 is 0 Å². The summed E-state index contributed by atoms with van der Waals surface area (Å²) >= 11 is 0. The summed E-state index contributed by atoms with van der Waals surface area (Å²) in [5, 5.41) is 4.89. The summed E-state index contributed by atoms with van der Waals surface area (Å²) in [6.45, 7) is 6.71. The van der Waals surface area contributed by atoms with Crippen LogP contribution in [0.1, 0.15) is 27.7 Å². The van der Waals surface area contributed by atoms with Gasteiger partial charge in [0, 0.05) is 0 Å². The van der Waals surface area contributed by atoms with Crippen LogP contribution in [0.15, 0.2) is 0 Å². The van der Waals surface area contributed by atoms with E-state index in [4.69, 9.17) is 33.0 Å². The Labute approximate surface area is 174 Å². The van der Waals surface area contributed by atoms with Gasteiger partial charge in [-0.15, -0.1) is 0 Å². The maximum absolute atomic E-state index is 11.1. The number of fused-ring (bicyclic) bond motifs is 3. The molecule has 14 heteroatoms. The molecule has 0 spiro atoms. The topological polar surface area (TPSA) is 210 Å². The number of nitrogens with two attached hydrogens (primary N) is 1. The molecule has 3 aliphatic heterocycles. The molecule has 0 unspecified atom stereocenters. The van der Waals surface area contributed by atoms with E-state index in [0.717, 1.165) is 0 Å². The van der Waals surface area contributed by atoms with Gasteiger partial charge in [0.1, 0.15) is 24.9 Å². The Balaban J connectivity index is 0. The average Bonchev–Trinajstić information content (AvgIpc) is 2.78. The molecular formula is C12H28NNaO11S. The summed E-state index contributed by atoms with van der Waals surface area (Å²) < 4.78 is 55.9. The molecule has 3 saturated heterocycles.